The van der Waals surface area contributed by atoms with Gasteiger partial charge in [-0.1, -0.05) is 44.5 Å². The number of carbonyl (C=O) groups excluding carboxylic acids is 2. The summed E-state index contributed by atoms with van der Waals surface area (Å²) < 4.78 is 46.2. The number of ether oxygens (including phenoxy) is 3. The van der Waals surface area contributed by atoms with Gasteiger partial charge in [-0.05, 0) is 91.6 Å². The summed E-state index contributed by atoms with van der Waals surface area (Å²) in [6.45, 7) is 10.2. The summed E-state index contributed by atoms with van der Waals surface area (Å²) in [5, 5.41) is 24.7. The van der Waals surface area contributed by atoms with E-state index in [1.807, 2.05) is 6.92 Å². The SMILES string of the molecule is C=C[C@]12CC[C@H]3[C@@](C)(CCC[C@@]3(C)C(=O)O)[C@@H]1CC[C@](C)(COC(=O)CCC(=O)OCCOc1no[n+]([O-])c1S(=O)(=O)c1ccccc1)C2. The maximum Gasteiger partial charge on any atom is 0.415 e. The van der Waals surface area contributed by atoms with E-state index in [9.17, 15) is 33.1 Å². The fraction of sp³-hybridized carbons (Fsp3) is 0.629. The minimum atomic E-state index is -4.29. The number of benzene rings is 1. The molecule has 3 aliphatic rings. The van der Waals surface area contributed by atoms with Crippen LogP contribution in [0.2, 0.25) is 0 Å². The Hall–Kier alpha value is -3.94. The van der Waals surface area contributed by atoms with Crippen LogP contribution < -0.4 is 9.64 Å². The molecule has 3 aliphatic carbocycles. The number of carboxylic acids is 1. The Balaban J connectivity index is 1.08. The maximum absolute atomic E-state index is 12.8. The van der Waals surface area contributed by atoms with Crippen molar-refractivity contribution in [3.8, 4) is 5.88 Å². The predicted octanol–water partition coefficient (Wildman–Crippen LogP) is 5.06. The Morgan fingerprint density at radius 2 is 1.69 bits per heavy atom. The molecular weight excluding hydrogens is 656 g/mol. The number of esters is 2. The zero-order chi connectivity index (χ0) is 35.7. The largest absolute Gasteiger partial charge is 0.481 e. The molecule has 13 nitrogen and oxygen atoms in total. The Kier molecular flexibility index (Phi) is 10.2. The molecule has 3 fully saturated rings. The number of sulfone groups is 1. The number of allylic oxidation sites excluding steroid dienone is 1. The first-order valence-electron chi connectivity index (χ1n) is 16.8. The van der Waals surface area contributed by atoms with Crippen LogP contribution in [0, 0.1) is 38.7 Å². The summed E-state index contributed by atoms with van der Waals surface area (Å²) in [6.07, 6.45) is 8.50. The van der Waals surface area contributed by atoms with E-state index in [4.69, 9.17) is 14.2 Å². The molecule has 3 saturated carbocycles. The van der Waals surface area contributed by atoms with E-state index in [0.29, 0.717) is 12.3 Å². The number of nitrogens with zero attached hydrogens (tertiary/aromatic N) is 2. The van der Waals surface area contributed by atoms with Gasteiger partial charge in [-0.3, -0.25) is 19.0 Å². The van der Waals surface area contributed by atoms with Gasteiger partial charge in [0.1, 0.15) is 13.2 Å². The second-order valence-corrected chi connectivity index (χ2v) is 16.6. The average Bonchev–Trinajstić information content (AvgIpc) is 3.45. The van der Waals surface area contributed by atoms with Gasteiger partial charge in [-0.2, -0.15) is 0 Å². The van der Waals surface area contributed by atoms with Crippen LogP contribution in [0.1, 0.15) is 85.0 Å². The third-order valence-electron chi connectivity index (χ3n) is 11.6. The molecule has 268 valence electrons. The first kappa shape index (κ1) is 36.3. The molecule has 1 N–H and O–H groups in total. The molecule has 0 spiro atoms. The van der Waals surface area contributed by atoms with E-state index < -0.39 is 44.1 Å². The van der Waals surface area contributed by atoms with Gasteiger partial charge in [0.2, 0.25) is 0 Å². The van der Waals surface area contributed by atoms with Gasteiger partial charge >= 0.3 is 28.8 Å². The molecule has 0 unspecified atom stereocenters. The quantitative estimate of drug-likeness (QED) is 0.127. The molecule has 1 aromatic carbocycles. The van der Waals surface area contributed by atoms with Crippen LogP contribution in [0.5, 0.6) is 5.88 Å². The van der Waals surface area contributed by atoms with Crippen molar-refractivity contribution in [1.82, 2.24) is 5.16 Å². The molecule has 14 heteroatoms. The Labute approximate surface area is 286 Å². The van der Waals surface area contributed by atoms with Crippen LogP contribution in [0.25, 0.3) is 0 Å². The second-order valence-electron chi connectivity index (χ2n) is 14.8. The maximum atomic E-state index is 12.8. The highest BCUT2D eigenvalue weighted by Gasteiger charge is 2.63. The molecule has 0 amide bonds. The number of hydrogen-bond donors (Lipinski definition) is 1. The van der Waals surface area contributed by atoms with E-state index in [-0.39, 0.29) is 64.6 Å². The van der Waals surface area contributed by atoms with Gasteiger partial charge in [0, 0.05) is 5.41 Å². The van der Waals surface area contributed by atoms with Gasteiger partial charge in [0.05, 0.1) is 34.9 Å². The summed E-state index contributed by atoms with van der Waals surface area (Å²) in [5.41, 5.74) is -1.28. The second kappa shape index (κ2) is 13.8. The van der Waals surface area contributed by atoms with Gasteiger partial charge < -0.3 is 24.5 Å². The van der Waals surface area contributed by atoms with Crippen molar-refractivity contribution in [2.75, 3.05) is 19.8 Å². The Bertz CT molecular complexity index is 1680. The van der Waals surface area contributed by atoms with Crippen molar-refractivity contribution < 1.29 is 51.7 Å². The molecule has 0 bridgehead atoms. The van der Waals surface area contributed by atoms with Crippen LogP contribution in [-0.2, 0) is 33.7 Å². The van der Waals surface area contributed by atoms with Crippen LogP contribution in [0.15, 0.2) is 57.5 Å². The number of rotatable bonds is 13. The number of carboxylic acid groups (broad SMARTS) is 1. The van der Waals surface area contributed by atoms with E-state index >= 15 is 0 Å². The number of fused-ring (bicyclic) bond motifs is 3. The monoisotopic (exact) mass is 702 g/mol. The van der Waals surface area contributed by atoms with E-state index in [1.165, 1.54) is 24.3 Å². The minimum Gasteiger partial charge on any atom is -0.481 e. The first-order valence-corrected chi connectivity index (χ1v) is 18.3. The lowest BCUT2D eigenvalue weighted by Crippen LogP contribution is -2.60. The zero-order valence-electron chi connectivity index (χ0n) is 28.4. The highest BCUT2D eigenvalue weighted by atomic mass is 32.2. The third-order valence-corrected chi connectivity index (χ3v) is 13.3. The van der Waals surface area contributed by atoms with Crippen molar-refractivity contribution in [2.24, 2.45) is 33.5 Å². The molecular formula is C35H46N2O11S. The van der Waals surface area contributed by atoms with Gasteiger partial charge in [0.25, 0.3) is 9.84 Å². The van der Waals surface area contributed by atoms with Crippen molar-refractivity contribution >= 4 is 27.7 Å². The van der Waals surface area contributed by atoms with Crippen LogP contribution in [0.3, 0.4) is 0 Å². The van der Waals surface area contributed by atoms with E-state index in [1.54, 1.807) is 6.07 Å². The third kappa shape index (κ3) is 6.93. The van der Waals surface area contributed by atoms with E-state index in [2.05, 4.69) is 36.3 Å². The number of aromatic nitrogens is 2. The van der Waals surface area contributed by atoms with E-state index in [0.717, 1.165) is 44.9 Å². The average molecular weight is 703 g/mol. The van der Waals surface area contributed by atoms with Crippen LogP contribution >= 0.6 is 0 Å². The lowest BCUT2D eigenvalue weighted by Gasteiger charge is -2.65. The lowest BCUT2D eigenvalue weighted by atomic mass is 9.39. The minimum absolute atomic E-state index is 0.101. The van der Waals surface area contributed by atoms with Crippen molar-refractivity contribution in [3.63, 3.8) is 0 Å². The van der Waals surface area contributed by atoms with Crippen molar-refractivity contribution in [2.45, 2.75) is 94.9 Å². The fourth-order valence-electron chi connectivity index (χ4n) is 9.26. The lowest BCUT2D eigenvalue weighted by molar-refractivity contribution is -0.832. The molecule has 0 radical (unpaired) electrons. The van der Waals surface area contributed by atoms with Crippen LogP contribution in [0.4, 0.5) is 0 Å². The summed E-state index contributed by atoms with van der Waals surface area (Å²) in [7, 11) is -4.29. The van der Waals surface area contributed by atoms with Crippen LogP contribution in [-0.4, -0.2) is 56.4 Å². The molecule has 6 atom stereocenters. The molecule has 1 heterocycles. The standard InChI is InChI=1S/C35H46N2O11S/c1-5-35-19-15-25-33(3,16-9-17-34(25,4)31(40)41)26(35)14-18-32(2,22-35)23-47-28(39)13-12-27(38)45-20-21-46-29-30(37(42)48-36-29)49(43,44)24-10-7-6-8-11-24/h5-8,10-11,25-26H,1,9,12-23H2,2-4H3,(H,40,41)/t25-,26-,32-,33+,34+,35+/m0/s1. The summed E-state index contributed by atoms with van der Waals surface area (Å²) >= 11 is 0. The smallest absolute Gasteiger partial charge is 0.415 e. The molecule has 0 aliphatic heterocycles. The van der Waals surface area contributed by atoms with Gasteiger partial charge in [-0.15, -0.1) is 6.58 Å². The van der Waals surface area contributed by atoms with Gasteiger partial charge in [0.15, 0.2) is 0 Å². The normalized spacial score (nSPS) is 31.1. The summed E-state index contributed by atoms with van der Waals surface area (Å²) in [4.78, 5) is 36.9. The molecule has 0 saturated heterocycles. The highest BCUT2D eigenvalue weighted by Crippen LogP contribution is 2.69. The van der Waals surface area contributed by atoms with Crippen molar-refractivity contribution in [3.05, 3.63) is 48.2 Å². The molecule has 2 aromatic rings. The molecule has 49 heavy (non-hydrogen) atoms. The highest BCUT2D eigenvalue weighted by molar-refractivity contribution is 7.91. The van der Waals surface area contributed by atoms with Gasteiger partial charge in [-0.25, -0.2) is 8.42 Å². The summed E-state index contributed by atoms with van der Waals surface area (Å²) in [5.74, 6) is -2.06. The molecule has 5 rings (SSSR count). The predicted molar refractivity (Wildman–Crippen MR) is 173 cm³/mol. The summed E-state index contributed by atoms with van der Waals surface area (Å²) in [6, 6.07) is 7.23. The Morgan fingerprint density at radius 1 is 1.02 bits per heavy atom. The number of aliphatic carboxylic acids is 1. The number of hydrogen-bond acceptors (Lipinski definition) is 11. The topological polar surface area (TPSA) is 186 Å². The molecule has 1 aromatic heterocycles. The van der Waals surface area contributed by atoms with Crippen molar-refractivity contribution in [1.29, 1.82) is 0 Å². The fourth-order valence-corrected chi connectivity index (χ4v) is 10.6. The number of carbonyl (C=O) groups is 3. The first-order chi connectivity index (χ1) is 23.1. The zero-order valence-corrected chi connectivity index (χ0v) is 29.2. The Morgan fingerprint density at radius 3 is 2.37 bits per heavy atom.